The van der Waals surface area contributed by atoms with Gasteiger partial charge in [0.15, 0.2) is 10.8 Å². The number of nitrogens with zero attached hydrogens (tertiary/aromatic N) is 3. The van der Waals surface area contributed by atoms with Crippen molar-refractivity contribution in [3.8, 4) is 0 Å². The standard InChI is InChI=1S/C19H19F2N5O7S2/c1-7(27)32-8(2)33-18(30)14-9(3-4-11(20)21)5-34-17-13(16(29)26(14)17)24-15(28)12(25-31)10-6-35-19(22)23-10/h3-4,6,8,11,13,17,31H,5H2,1-2H3,(H2,22,23)(H,24,28)/b4-3-,25-12-/t8?,13-,17-/m1/s1. The number of nitrogens with one attached hydrogen (secondary N) is 1. The number of rotatable bonds is 8. The maximum atomic E-state index is 12.9. The summed E-state index contributed by atoms with van der Waals surface area (Å²) in [5.41, 5.74) is 4.81. The van der Waals surface area contributed by atoms with Crippen molar-refractivity contribution in [1.82, 2.24) is 15.2 Å². The second-order valence-corrected chi connectivity index (χ2v) is 9.02. The van der Waals surface area contributed by atoms with E-state index in [4.69, 9.17) is 15.2 Å². The number of aromatic nitrogens is 1. The highest BCUT2D eigenvalue weighted by Gasteiger charge is 2.54. The van der Waals surface area contributed by atoms with Crippen LogP contribution in [0.3, 0.4) is 0 Å². The molecule has 16 heteroatoms. The van der Waals surface area contributed by atoms with Gasteiger partial charge in [-0.15, -0.1) is 23.1 Å². The number of allylic oxidation sites excluding steroid dienone is 2. The summed E-state index contributed by atoms with van der Waals surface area (Å²) in [5, 5.41) is 15.3. The molecule has 3 atom stereocenters. The molecule has 3 heterocycles. The summed E-state index contributed by atoms with van der Waals surface area (Å²) in [6, 6.07) is -1.13. The number of esters is 2. The zero-order valence-electron chi connectivity index (χ0n) is 18.1. The van der Waals surface area contributed by atoms with E-state index in [0.29, 0.717) is 6.08 Å². The molecular weight excluding hydrogens is 512 g/mol. The number of oxime groups is 1. The van der Waals surface area contributed by atoms with Crippen LogP contribution in [-0.2, 0) is 28.7 Å². The summed E-state index contributed by atoms with van der Waals surface area (Å²) in [6.45, 7) is 2.37. The number of hydrogen-bond donors (Lipinski definition) is 3. The third kappa shape index (κ3) is 5.76. The van der Waals surface area contributed by atoms with Gasteiger partial charge in [-0.3, -0.25) is 19.3 Å². The van der Waals surface area contributed by atoms with Gasteiger partial charge in [0.25, 0.3) is 18.2 Å². The molecule has 35 heavy (non-hydrogen) atoms. The maximum absolute atomic E-state index is 12.9. The van der Waals surface area contributed by atoms with Crippen LogP contribution in [0.4, 0.5) is 13.9 Å². The Morgan fingerprint density at radius 3 is 2.69 bits per heavy atom. The fraction of sp³-hybridized carbons (Fsp3) is 0.368. The number of halogens is 2. The summed E-state index contributed by atoms with van der Waals surface area (Å²) >= 11 is 2.11. The van der Waals surface area contributed by atoms with Gasteiger partial charge >= 0.3 is 11.9 Å². The van der Waals surface area contributed by atoms with Gasteiger partial charge in [0, 0.05) is 25.0 Å². The summed E-state index contributed by atoms with van der Waals surface area (Å²) in [5.74, 6) is -3.43. The Morgan fingerprint density at radius 1 is 1.40 bits per heavy atom. The average molecular weight is 532 g/mol. The fourth-order valence-electron chi connectivity index (χ4n) is 3.23. The Balaban J connectivity index is 1.82. The van der Waals surface area contributed by atoms with E-state index in [-0.39, 0.29) is 27.8 Å². The van der Waals surface area contributed by atoms with Crippen LogP contribution in [0.5, 0.6) is 0 Å². The van der Waals surface area contributed by atoms with Crippen LogP contribution in [0, 0.1) is 0 Å². The SMILES string of the molecule is CC(=O)OC(C)OC(=O)C1=C(/C=C\C(F)F)CS[C@@H]2[C@H](NC(=O)/C(=N\O)c3csc(N)n3)C(=O)N12. The molecule has 4 N–H and O–H groups in total. The number of nitrogen functional groups attached to an aromatic ring is 1. The first-order valence-electron chi connectivity index (χ1n) is 9.80. The van der Waals surface area contributed by atoms with Crippen molar-refractivity contribution >= 4 is 57.7 Å². The molecule has 12 nitrogen and oxygen atoms in total. The van der Waals surface area contributed by atoms with Crippen molar-refractivity contribution in [2.24, 2.45) is 5.16 Å². The first kappa shape index (κ1) is 26.1. The molecule has 1 aromatic heterocycles. The van der Waals surface area contributed by atoms with Crippen LogP contribution in [0.25, 0.3) is 0 Å². The minimum atomic E-state index is -2.81. The minimum absolute atomic E-state index is 0.00419. The molecule has 3 rings (SSSR count). The molecule has 0 radical (unpaired) electrons. The van der Waals surface area contributed by atoms with Gasteiger partial charge in [-0.1, -0.05) is 11.2 Å². The van der Waals surface area contributed by atoms with Gasteiger partial charge in [-0.2, -0.15) is 0 Å². The zero-order chi connectivity index (χ0) is 25.9. The van der Waals surface area contributed by atoms with Crippen molar-refractivity contribution in [3.63, 3.8) is 0 Å². The Kier molecular flexibility index (Phi) is 8.06. The zero-order valence-corrected chi connectivity index (χ0v) is 19.8. The van der Waals surface area contributed by atoms with Gasteiger partial charge in [0.1, 0.15) is 22.8 Å². The summed E-state index contributed by atoms with van der Waals surface area (Å²) in [6.07, 6.45) is -2.56. The first-order chi connectivity index (χ1) is 16.5. The highest BCUT2D eigenvalue weighted by molar-refractivity contribution is 8.00. The second-order valence-electron chi connectivity index (χ2n) is 7.03. The van der Waals surface area contributed by atoms with Gasteiger partial charge in [0.05, 0.1) is 0 Å². The third-order valence-electron chi connectivity index (χ3n) is 4.61. The highest BCUT2D eigenvalue weighted by Crippen LogP contribution is 2.41. The molecule has 188 valence electrons. The average Bonchev–Trinajstić information content (AvgIpc) is 3.20. The molecule has 1 unspecified atom stereocenters. The molecule has 0 bridgehead atoms. The van der Waals surface area contributed by atoms with E-state index in [1.165, 1.54) is 12.3 Å². The monoisotopic (exact) mass is 531 g/mol. The lowest BCUT2D eigenvalue weighted by molar-refractivity contribution is -0.182. The van der Waals surface area contributed by atoms with Crippen LogP contribution in [-0.4, -0.2) is 74.4 Å². The molecule has 0 aromatic carbocycles. The van der Waals surface area contributed by atoms with Crippen molar-refractivity contribution < 1.29 is 42.6 Å². The lowest BCUT2D eigenvalue weighted by atomic mass is 10.0. The summed E-state index contributed by atoms with van der Waals surface area (Å²) < 4.78 is 35.3. The molecule has 0 spiro atoms. The van der Waals surface area contributed by atoms with Gasteiger partial charge in [0.2, 0.25) is 6.29 Å². The van der Waals surface area contributed by atoms with Crippen molar-refractivity contribution in [2.45, 2.75) is 38.0 Å². The number of amides is 2. The third-order valence-corrected chi connectivity index (χ3v) is 6.58. The van der Waals surface area contributed by atoms with Gasteiger partial charge < -0.3 is 25.7 Å². The molecular formula is C19H19F2N5O7S2. The van der Waals surface area contributed by atoms with E-state index in [1.807, 2.05) is 0 Å². The molecule has 1 aromatic rings. The van der Waals surface area contributed by atoms with E-state index in [9.17, 15) is 33.2 Å². The van der Waals surface area contributed by atoms with E-state index < -0.39 is 53.6 Å². The van der Waals surface area contributed by atoms with E-state index in [2.05, 4.69) is 15.5 Å². The molecule has 2 amide bonds. The number of ether oxygens (including phenoxy) is 2. The van der Waals surface area contributed by atoms with Crippen molar-refractivity contribution in [1.29, 1.82) is 0 Å². The molecule has 1 fully saturated rings. The van der Waals surface area contributed by atoms with Gasteiger partial charge in [-0.05, 0) is 11.6 Å². The predicted molar refractivity (Wildman–Crippen MR) is 119 cm³/mol. The van der Waals surface area contributed by atoms with Crippen LogP contribution in [0.1, 0.15) is 19.5 Å². The topological polar surface area (TPSA) is 174 Å². The molecule has 2 aliphatic heterocycles. The van der Waals surface area contributed by atoms with Crippen molar-refractivity contribution in [2.75, 3.05) is 11.5 Å². The summed E-state index contributed by atoms with van der Waals surface area (Å²) in [4.78, 5) is 54.3. The normalized spacial score (nSPS) is 21.0. The van der Waals surface area contributed by atoms with Crippen LogP contribution >= 0.6 is 23.1 Å². The minimum Gasteiger partial charge on any atom is -0.426 e. The van der Waals surface area contributed by atoms with Crippen LogP contribution in [0.15, 0.2) is 34.0 Å². The quantitative estimate of drug-likeness (QED) is 0.109. The van der Waals surface area contributed by atoms with Crippen LogP contribution < -0.4 is 11.1 Å². The number of thiazole rings is 1. The summed E-state index contributed by atoms with van der Waals surface area (Å²) in [7, 11) is 0. The smallest absolute Gasteiger partial charge is 0.358 e. The largest absolute Gasteiger partial charge is 0.426 e. The number of alkyl halides is 2. The first-order valence-corrected chi connectivity index (χ1v) is 11.7. The maximum Gasteiger partial charge on any atom is 0.358 e. The number of anilines is 1. The Labute approximate surface area is 204 Å². The number of carbonyl (C=O) groups is 4. The number of β-lactam (4-membered cyclic amide) rings is 1. The number of fused-ring (bicyclic) bond motifs is 1. The number of hydrogen-bond acceptors (Lipinski definition) is 12. The highest BCUT2D eigenvalue weighted by atomic mass is 32.2. The van der Waals surface area contributed by atoms with Crippen LogP contribution in [0.2, 0.25) is 0 Å². The molecule has 0 saturated carbocycles. The predicted octanol–water partition coefficient (Wildman–Crippen LogP) is 0.831. The van der Waals surface area contributed by atoms with Gasteiger partial charge in [-0.25, -0.2) is 18.6 Å². The second kappa shape index (κ2) is 10.8. The number of carbonyl (C=O) groups excluding carboxylic acids is 4. The Bertz CT molecular complexity index is 1140. The fourth-order valence-corrected chi connectivity index (χ4v) is 5.10. The van der Waals surface area contributed by atoms with E-state index in [0.717, 1.165) is 41.0 Å². The number of nitrogens with two attached hydrogens (primary N) is 1. The lowest BCUT2D eigenvalue weighted by Crippen LogP contribution is -2.71. The molecule has 2 aliphatic rings. The molecule has 1 saturated heterocycles. The van der Waals surface area contributed by atoms with E-state index in [1.54, 1.807) is 0 Å². The lowest BCUT2D eigenvalue weighted by Gasteiger charge is -2.49. The molecule has 0 aliphatic carbocycles. The van der Waals surface area contributed by atoms with Crippen molar-refractivity contribution in [3.05, 3.63) is 34.5 Å². The Hall–Kier alpha value is -3.53. The van der Waals surface area contributed by atoms with E-state index >= 15 is 0 Å². The Morgan fingerprint density at radius 2 is 2.11 bits per heavy atom. The number of thioether (sulfide) groups is 1.